The lowest BCUT2D eigenvalue weighted by Crippen LogP contribution is -1.99. The van der Waals surface area contributed by atoms with E-state index in [1.807, 2.05) is 24.3 Å². The van der Waals surface area contributed by atoms with E-state index < -0.39 is 6.43 Å². The van der Waals surface area contributed by atoms with Gasteiger partial charge in [0, 0.05) is 21.4 Å². The van der Waals surface area contributed by atoms with Gasteiger partial charge in [0.1, 0.15) is 0 Å². The minimum absolute atomic E-state index is 0.0630. The molecule has 0 saturated heterocycles. The fourth-order valence-electron chi connectivity index (χ4n) is 1.55. The topological polar surface area (TPSA) is 12.0 Å². The summed E-state index contributed by atoms with van der Waals surface area (Å²) in [4.78, 5) is 0. The minimum atomic E-state index is -2.40. The van der Waals surface area contributed by atoms with Crippen LogP contribution >= 0.6 is 22.6 Å². The molecule has 0 amide bonds. The minimum Gasteiger partial charge on any atom is -0.381 e. The van der Waals surface area contributed by atoms with Crippen LogP contribution in [-0.2, 0) is 6.54 Å². The molecule has 0 aromatic heterocycles. The first-order valence-corrected chi connectivity index (χ1v) is 6.59. The van der Waals surface area contributed by atoms with Crippen molar-refractivity contribution in [2.24, 2.45) is 0 Å². The van der Waals surface area contributed by atoms with Crippen molar-refractivity contribution in [1.29, 1.82) is 0 Å². The van der Waals surface area contributed by atoms with Crippen LogP contribution in [0, 0.1) is 3.57 Å². The van der Waals surface area contributed by atoms with E-state index in [4.69, 9.17) is 0 Å². The number of rotatable bonds is 4. The third-order valence-corrected chi connectivity index (χ3v) is 3.29. The highest BCUT2D eigenvalue weighted by Crippen LogP contribution is 2.19. The Kier molecular flexibility index (Phi) is 4.52. The maximum Gasteiger partial charge on any atom is 0.263 e. The molecular formula is C14H12F2IN. The van der Waals surface area contributed by atoms with Gasteiger partial charge in [0.15, 0.2) is 0 Å². The van der Waals surface area contributed by atoms with E-state index >= 15 is 0 Å². The highest BCUT2D eigenvalue weighted by Gasteiger charge is 2.05. The van der Waals surface area contributed by atoms with Crippen LogP contribution < -0.4 is 5.32 Å². The number of benzene rings is 2. The second-order valence-corrected chi connectivity index (χ2v) is 5.15. The molecular weight excluding hydrogens is 347 g/mol. The zero-order valence-corrected chi connectivity index (χ0v) is 11.7. The zero-order chi connectivity index (χ0) is 13.0. The summed E-state index contributed by atoms with van der Waals surface area (Å²) in [5.74, 6) is 0. The standard InChI is InChI=1S/C14H12F2IN/c15-14(16)11-3-1-10(2-4-11)9-18-13-7-5-12(17)6-8-13/h1-8,14,18H,9H2. The molecule has 0 spiro atoms. The van der Waals surface area contributed by atoms with Crippen LogP contribution in [-0.4, -0.2) is 0 Å². The van der Waals surface area contributed by atoms with Crippen LogP contribution in [0.15, 0.2) is 48.5 Å². The summed E-state index contributed by atoms with van der Waals surface area (Å²) in [6, 6.07) is 14.4. The summed E-state index contributed by atoms with van der Waals surface area (Å²) < 4.78 is 25.9. The lowest BCUT2D eigenvalue weighted by Gasteiger charge is -2.07. The largest absolute Gasteiger partial charge is 0.381 e. The second-order valence-electron chi connectivity index (χ2n) is 3.90. The Balaban J connectivity index is 1.95. The third kappa shape index (κ3) is 3.66. The molecule has 0 unspecified atom stereocenters. The smallest absolute Gasteiger partial charge is 0.263 e. The molecule has 2 rings (SSSR count). The van der Waals surface area contributed by atoms with Crippen molar-refractivity contribution in [2.75, 3.05) is 5.32 Å². The maximum absolute atomic E-state index is 12.4. The molecule has 0 heterocycles. The zero-order valence-electron chi connectivity index (χ0n) is 9.54. The van der Waals surface area contributed by atoms with Crippen LogP contribution in [0.5, 0.6) is 0 Å². The summed E-state index contributed by atoms with van der Waals surface area (Å²) in [6.45, 7) is 0.629. The van der Waals surface area contributed by atoms with E-state index in [1.165, 1.54) is 15.7 Å². The Morgan fingerprint density at radius 3 is 2.11 bits per heavy atom. The molecule has 0 bridgehead atoms. The molecule has 2 aromatic rings. The fourth-order valence-corrected chi connectivity index (χ4v) is 1.91. The van der Waals surface area contributed by atoms with Gasteiger partial charge in [0.2, 0.25) is 0 Å². The summed E-state index contributed by atoms with van der Waals surface area (Å²) in [7, 11) is 0. The molecule has 0 saturated carbocycles. The van der Waals surface area contributed by atoms with E-state index in [0.29, 0.717) is 6.54 Å². The third-order valence-electron chi connectivity index (χ3n) is 2.57. The average Bonchev–Trinajstić information content (AvgIpc) is 2.38. The summed E-state index contributed by atoms with van der Waals surface area (Å²) in [5, 5.41) is 3.25. The first-order chi connectivity index (χ1) is 8.65. The molecule has 0 radical (unpaired) electrons. The van der Waals surface area contributed by atoms with Gasteiger partial charge in [-0.3, -0.25) is 0 Å². The van der Waals surface area contributed by atoms with Crippen molar-refractivity contribution in [1.82, 2.24) is 0 Å². The summed E-state index contributed by atoms with van der Waals surface area (Å²) >= 11 is 2.25. The number of hydrogen-bond donors (Lipinski definition) is 1. The Hall–Kier alpha value is -1.17. The Labute approximate surface area is 118 Å². The molecule has 0 aliphatic rings. The maximum atomic E-state index is 12.4. The van der Waals surface area contributed by atoms with Gasteiger partial charge in [-0.15, -0.1) is 0 Å². The van der Waals surface area contributed by atoms with Crippen molar-refractivity contribution in [3.63, 3.8) is 0 Å². The molecule has 4 heteroatoms. The van der Waals surface area contributed by atoms with Gasteiger partial charge in [-0.05, 0) is 52.4 Å². The van der Waals surface area contributed by atoms with Gasteiger partial charge in [-0.1, -0.05) is 24.3 Å². The van der Waals surface area contributed by atoms with Crippen molar-refractivity contribution >= 4 is 28.3 Å². The average molecular weight is 359 g/mol. The van der Waals surface area contributed by atoms with Gasteiger partial charge < -0.3 is 5.32 Å². The van der Waals surface area contributed by atoms with Gasteiger partial charge in [-0.25, -0.2) is 8.78 Å². The molecule has 18 heavy (non-hydrogen) atoms. The van der Waals surface area contributed by atoms with Crippen LogP contribution in [0.1, 0.15) is 17.6 Å². The summed E-state index contributed by atoms with van der Waals surface area (Å²) in [5.41, 5.74) is 2.07. The highest BCUT2D eigenvalue weighted by atomic mass is 127. The van der Waals surface area contributed by atoms with Crippen molar-refractivity contribution < 1.29 is 8.78 Å². The Morgan fingerprint density at radius 1 is 0.944 bits per heavy atom. The molecule has 2 aromatic carbocycles. The van der Waals surface area contributed by atoms with E-state index in [0.717, 1.165) is 11.3 Å². The molecule has 0 aliphatic carbocycles. The Morgan fingerprint density at radius 2 is 1.56 bits per heavy atom. The monoisotopic (exact) mass is 359 g/mol. The number of alkyl halides is 2. The SMILES string of the molecule is FC(F)c1ccc(CNc2ccc(I)cc2)cc1. The van der Waals surface area contributed by atoms with E-state index in [2.05, 4.69) is 27.9 Å². The van der Waals surface area contributed by atoms with Crippen LogP contribution in [0.3, 0.4) is 0 Å². The Bertz CT molecular complexity index is 494. The molecule has 0 atom stereocenters. The quantitative estimate of drug-likeness (QED) is 0.771. The van der Waals surface area contributed by atoms with E-state index in [-0.39, 0.29) is 5.56 Å². The van der Waals surface area contributed by atoms with Gasteiger partial charge in [0.05, 0.1) is 0 Å². The van der Waals surface area contributed by atoms with E-state index in [1.54, 1.807) is 12.1 Å². The number of anilines is 1. The van der Waals surface area contributed by atoms with Crippen LogP contribution in [0.25, 0.3) is 0 Å². The summed E-state index contributed by atoms with van der Waals surface area (Å²) in [6.07, 6.45) is -2.40. The van der Waals surface area contributed by atoms with E-state index in [9.17, 15) is 8.78 Å². The fraction of sp³-hybridized carbons (Fsp3) is 0.143. The lowest BCUT2D eigenvalue weighted by atomic mass is 10.1. The normalized spacial score (nSPS) is 10.7. The molecule has 1 nitrogen and oxygen atoms in total. The number of nitrogens with one attached hydrogen (secondary N) is 1. The lowest BCUT2D eigenvalue weighted by molar-refractivity contribution is 0.151. The molecule has 0 fully saturated rings. The first-order valence-electron chi connectivity index (χ1n) is 5.51. The second kappa shape index (κ2) is 6.13. The van der Waals surface area contributed by atoms with Crippen LogP contribution in [0.4, 0.5) is 14.5 Å². The van der Waals surface area contributed by atoms with Gasteiger partial charge >= 0.3 is 0 Å². The number of halogens is 3. The van der Waals surface area contributed by atoms with Crippen molar-refractivity contribution in [3.8, 4) is 0 Å². The number of hydrogen-bond acceptors (Lipinski definition) is 1. The highest BCUT2D eigenvalue weighted by molar-refractivity contribution is 14.1. The van der Waals surface area contributed by atoms with Crippen LogP contribution in [0.2, 0.25) is 0 Å². The molecule has 0 aliphatic heterocycles. The first kappa shape index (κ1) is 13.3. The molecule has 94 valence electrons. The van der Waals surface area contributed by atoms with Crippen molar-refractivity contribution in [2.45, 2.75) is 13.0 Å². The van der Waals surface area contributed by atoms with Crippen molar-refractivity contribution in [3.05, 3.63) is 63.2 Å². The predicted octanol–water partition coefficient (Wildman–Crippen LogP) is 4.84. The van der Waals surface area contributed by atoms with Gasteiger partial charge in [-0.2, -0.15) is 0 Å². The van der Waals surface area contributed by atoms with Gasteiger partial charge in [0.25, 0.3) is 6.43 Å². The predicted molar refractivity (Wildman–Crippen MR) is 77.9 cm³/mol. The molecule has 1 N–H and O–H groups in total.